The lowest BCUT2D eigenvalue weighted by Crippen LogP contribution is -2.37. The number of esters is 2. The topological polar surface area (TPSA) is 172 Å². The van der Waals surface area contributed by atoms with Crippen molar-refractivity contribution in [1.29, 1.82) is 0 Å². The molecule has 352 valence electrons. The predicted molar refractivity (Wildman–Crippen MR) is 242 cm³/mol. The van der Waals surface area contributed by atoms with E-state index >= 15 is 0 Å². The van der Waals surface area contributed by atoms with Gasteiger partial charge in [0.1, 0.15) is 19.8 Å². The van der Waals surface area contributed by atoms with Gasteiger partial charge in [-0.2, -0.15) is 0 Å². The number of unbranched alkanes of at least 4 members (excludes halogenated alkanes) is 9. The molecule has 1 rings (SSSR count). The first kappa shape index (κ1) is 56.6. The van der Waals surface area contributed by atoms with Crippen molar-refractivity contribution >= 4 is 19.8 Å². The number of phosphoric acid groups is 1. The van der Waals surface area contributed by atoms with Crippen LogP contribution in [0.25, 0.3) is 0 Å². The van der Waals surface area contributed by atoms with Crippen LogP contribution in [0.3, 0.4) is 0 Å². The zero-order valence-electron chi connectivity index (χ0n) is 38.4. The Bertz CT molecular complexity index is 1340. The molecule has 1 aliphatic rings. The van der Waals surface area contributed by atoms with Crippen LogP contribution < -0.4 is 4.89 Å². The van der Waals surface area contributed by atoms with Gasteiger partial charge in [0.2, 0.25) is 0 Å². The van der Waals surface area contributed by atoms with Crippen molar-refractivity contribution in [2.24, 2.45) is 11.8 Å². The molecule has 0 heterocycles. The zero-order valence-corrected chi connectivity index (χ0v) is 39.3. The minimum atomic E-state index is -4.70. The summed E-state index contributed by atoms with van der Waals surface area (Å²) in [6.07, 6.45) is 34.5. The maximum Gasteiger partial charge on any atom is 0.306 e. The number of hydrogen-bond acceptors (Lipinski definition) is 11. The number of carbonyl (C=O) groups is 2. The van der Waals surface area contributed by atoms with Crippen LogP contribution in [-0.2, 0) is 32.7 Å². The molecule has 1 unspecified atom stereocenters. The fourth-order valence-corrected chi connectivity index (χ4v) is 7.70. The smallest absolute Gasteiger partial charge is 0.306 e. The Labute approximate surface area is 369 Å². The fraction of sp³-hybridized carbons (Fsp3) is 0.750. The van der Waals surface area contributed by atoms with Crippen LogP contribution in [0.15, 0.2) is 60.8 Å². The third kappa shape index (κ3) is 32.0. The van der Waals surface area contributed by atoms with Crippen molar-refractivity contribution in [3.8, 4) is 0 Å². The summed E-state index contributed by atoms with van der Waals surface area (Å²) in [5.74, 6) is -1.32. The molecule has 0 aliphatic heterocycles. The number of likely N-dealkylation sites (N-methyl/N-ethyl adjacent to an activating group) is 1. The molecule has 0 amide bonds. The average molecular weight is 882 g/mol. The number of quaternary nitrogens is 1. The van der Waals surface area contributed by atoms with Gasteiger partial charge in [0, 0.05) is 25.2 Å². The van der Waals surface area contributed by atoms with E-state index in [4.69, 9.17) is 18.5 Å². The number of allylic oxidation sites excluding steroid dienone is 8. The maximum absolute atomic E-state index is 12.8. The summed E-state index contributed by atoms with van der Waals surface area (Å²) in [6, 6.07) is 0. The van der Waals surface area contributed by atoms with E-state index in [1.807, 2.05) is 27.2 Å². The monoisotopic (exact) mass is 882 g/mol. The average Bonchev–Trinajstić information content (AvgIpc) is 3.47. The van der Waals surface area contributed by atoms with Crippen LogP contribution in [0, 0.1) is 11.8 Å². The summed E-state index contributed by atoms with van der Waals surface area (Å²) in [5, 5.41) is 31.5. The molecule has 12 nitrogen and oxygen atoms in total. The third-order valence-corrected chi connectivity index (χ3v) is 11.6. The highest BCUT2D eigenvalue weighted by Gasteiger charge is 2.39. The highest BCUT2D eigenvalue weighted by molar-refractivity contribution is 7.45. The Balaban J connectivity index is 2.48. The van der Waals surface area contributed by atoms with Crippen molar-refractivity contribution in [2.75, 3.05) is 47.5 Å². The Morgan fingerprint density at radius 3 is 2.00 bits per heavy atom. The van der Waals surface area contributed by atoms with E-state index in [2.05, 4.69) is 62.5 Å². The van der Waals surface area contributed by atoms with E-state index in [1.54, 1.807) is 6.08 Å². The van der Waals surface area contributed by atoms with E-state index in [9.17, 15) is 34.4 Å². The van der Waals surface area contributed by atoms with Gasteiger partial charge in [-0.3, -0.25) is 14.2 Å². The molecule has 13 heteroatoms. The van der Waals surface area contributed by atoms with Crippen LogP contribution in [0.2, 0.25) is 0 Å². The largest absolute Gasteiger partial charge is 0.756 e. The molecule has 0 saturated heterocycles. The summed E-state index contributed by atoms with van der Waals surface area (Å²) in [4.78, 5) is 37.8. The van der Waals surface area contributed by atoms with Gasteiger partial charge in [-0.15, -0.1) is 0 Å². The Kier molecular flexibility index (Phi) is 32.5. The number of phosphoric ester groups is 1. The Morgan fingerprint density at radius 2 is 1.36 bits per heavy atom. The molecular weight excluding hydrogens is 797 g/mol. The molecule has 3 N–H and O–H groups in total. The number of nitrogens with zero attached hydrogens (tertiary/aromatic N) is 1. The molecule has 7 atom stereocenters. The number of aliphatic hydroxyl groups excluding tert-OH is 3. The van der Waals surface area contributed by atoms with Crippen molar-refractivity contribution < 1.29 is 57.4 Å². The van der Waals surface area contributed by atoms with Crippen molar-refractivity contribution in [3.63, 3.8) is 0 Å². The van der Waals surface area contributed by atoms with Crippen LogP contribution >= 0.6 is 7.82 Å². The summed E-state index contributed by atoms with van der Waals surface area (Å²) in [7, 11) is 1.01. The molecule has 1 saturated carbocycles. The van der Waals surface area contributed by atoms with Gasteiger partial charge in [-0.25, -0.2) is 0 Å². The molecule has 0 aromatic carbocycles. The second kappa shape index (κ2) is 35.0. The molecule has 1 fully saturated rings. The predicted octanol–water partition coefficient (Wildman–Crippen LogP) is 8.99. The number of hydrogen-bond donors (Lipinski definition) is 3. The van der Waals surface area contributed by atoms with E-state index < -0.39 is 50.8 Å². The van der Waals surface area contributed by atoms with E-state index in [0.29, 0.717) is 43.1 Å². The maximum atomic E-state index is 12.8. The molecule has 61 heavy (non-hydrogen) atoms. The summed E-state index contributed by atoms with van der Waals surface area (Å²) >= 11 is 0. The van der Waals surface area contributed by atoms with Gasteiger partial charge in [-0.1, -0.05) is 126 Å². The molecule has 1 aliphatic carbocycles. The minimum absolute atomic E-state index is 0.0763. The Hall–Kier alpha value is -2.41. The summed E-state index contributed by atoms with van der Waals surface area (Å²) < 4.78 is 33.9. The lowest BCUT2D eigenvalue weighted by atomic mass is 9.88. The molecule has 0 radical (unpaired) electrons. The van der Waals surface area contributed by atoms with E-state index in [0.717, 1.165) is 89.9 Å². The number of carbonyl (C=O) groups excluding carboxylic acids is 2. The highest BCUT2D eigenvalue weighted by Crippen LogP contribution is 2.39. The van der Waals surface area contributed by atoms with Crippen molar-refractivity contribution in [1.82, 2.24) is 0 Å². The second-order valence-electron chi connectivity index (χ2n) is 17.4. The number of rotatable bonds is 37. The van der Waals surface area contributed by atoms with Crippen LogP contribution in [-0.4, -0.2) is 104 Å². The standard InChI is InChI=1S/C48H84NO11P/c1-6-8-10-11-12-13-14-15-16-17-18-19-20-21-22-23-28-32-47(53)57-39-42(40-59-61(55,56)58-37-36-49(3,4)5)60-48(54)33-29-25-24-27-31-43-44(46(52)38-45(43)51)35-34-41(50)30-26-9-7-2/h8,10,12-13,15-16,18-19,34-35,41-46,50-52H,6-7,9,11,14,17,20-33,36-40H2,1-5H3/b10-8-,13-12-,16-15-,19-18-,35-34+/t41-,42+,43+,44+,45-,46+/m0/s1. The molecule has 0 aromatic heterocycles. The molecule has 0 aromatic rings. The fourth-order valence-electron chi connectivity index (χ4n) is 6.98. The van der Waals surface area contributed by atoms with Crippen LogP contribution in [0.5, 0.6) is 0 Å². The van der Waals surface area contributed by atoms with Gasteiger partial charge in [0.25, 0.3) is 7.82 Å². The lowest BCUT2D eigenvalue weighted by molar-refractivity contribution is -0.870. The van der Waals surface area contributed by atoms with E-state index in [1.165, 1.54) is 0 Å². The van der Waals surface area contributed by atoms with Gasteiger partial charge in [0.05, 0.1) is 46.1 Å². The van der Waals surface area contributed by atoms with Gasteiger partial charge < -0.3 is 43.2 Å². The molecular formula is C48H84NO11P. The summed E-state index contributed by atoms with van der Waals surface area (Å²) in [6.45, 7) is 3.73. The van der Waals surface area contributed by atoms with Crippen molar-refractivity contribution in [3.05, 3.63) is 60.8 Å². The SMILES string of the molecule is CC/C=C\C/C=C\C/C=C\C/C=C\CCCCCCC(=O)OC[C@H](COP(=O)([O-])OCC[N+](C)(C)C)OC(=O)CCCCCC[C@@H]1[C@@H](/C=C/[C@@H](O)CCCCC)[C@H](O)C[C@@H]1O. The van der Waals surface area contributed by atoms with Gasteiger partial charge in [0.15, 0.2) is 6.10 Å². The lowest BCUT2D eigenvalue weighted by Gasteiger charge is -2.28. The summed E-state index contributed by atoms with van der Waals surface area (Å²) in [5.41, 5.74) is 0. The Morgan fingerprint density at radius 1 is 0.754 bits per heavy atom. The molecule has 0 bridgehead atoms. The quantitative estimate of drug-likeness (QED) is 0.0179. The second-order valence-corrected chi connectivity index (χ2v) is 18.8. The number of ether oxygens (including phenoxy) is 2. The third-order valence-electron chi connectivity index (χ3n) is 10.6. The number of aliphatic hydroxyl groups is 3. The zero-order chi connectivity index (χ0) is 45.2. The van der Waals surface area contributed by atoms with Crippen molar-refractivity contribution in [2.45, 2.75) is 173 Å². The normalized spacial score (nSPS) is 20.7. The highest BCUT2D eigenvalue weighted by atomic mass is 31.2. The first-order chi connectivity index (χ1) is 29.2. The van der Waals surface area contributed by atoms with Gasteiger partial charge in [-0.05, 0) is 70.1 Å². The minimum Gasteiger partial charge on any atom is -0.756 e. The first-order valence-electron chi connectivity index (χ1n) is 23.3. The van der Waals surface area contributed by atoms with Gasteiger partial charge >= 0.3 is 11.9 Å². The van der Waals surface area contributed by atoms with Crippen LogP contribution in [0.4, 0.5) is 0 Å². The van der Waals surface area contributed by atoms with Crippen LogP contribution in [0.1, 0.15) is 149 Å². The first-order valence-corrected chi connectivity index (χ1v) is 24.7. The molecule has 0 spiro atoms. The van der Waals surface area contributed by atoms with E-state index in [-0.39, 0.29) is 37.9 Å².